The largest absolute Gasteiger partial charge is 0.483 e. The van der Waals surface area contributed by atoms with Crippen LogP contribution >= 0.6 is 0 Å². The Hall–Kier alpha value is -6.58. The molecule has 0 amide bonds. The molecule has 0 saturated carbocycles. The van der Waals surface area contributed by atoms with Crippen molar-refractivity contribution >= 4 is 49.9 Å². The maximum absolute atomic E-state index is 7.03. The quantitative estimate of drug-likeness (QED) is 0.172. The van der Waals surface area contributed by atoms with Gasteiger partial charge in [-0.05, 0) is 114 Å². The average molecular weight is 735 g/mol. The number of hydrogen-bond acceptors (Lipinski definition) is 1. The van der Waals surface area contributed by atoms with E-state index in [1.807, 2.05) is 0 Å². The van der Waals surface area contributed by atoms with Crippen LogP contribution in [0.2, 0.25) is 0 Å². The van der Waals surface area contributed by atoms with Crippen molar-refractivity contribution in [2.75, 3.05) is 0 Å². The van der Waals surface area contributed by atoms with Crippen LogP contribution in [0.25, 0.3) is 72.2 Å². The molecule has 3 nitrogen and oxygen atoms in total. The van der Waals surface area contributed by atoms with Gasteiger partial charge in [0, 0.05) is 49.5 Å². The number of hydrogen-bond donors (Lipinski definition) is 0. The summed E-state index contributed by atoms with van der Waals surface area (Å²) in [5.41, 5.74) is 17.1. The highest BCUT2D eigenvalue weighted by molar-refractivity contribution is 6.10. The van der Waals surface area contributed by atoms with Crippen LogP contribution < -0.4 is 4.74 Å². The molecular weight excluding hydrogens is 693 g/mol. The second kappa shape index (κ2) is 13.0. The minimum absolute atomic E-state index is 0.0659. The fourth-order valence-electron chi connectivity index (χ4n) is 10.5. The summed E-state index contributed by atoms with van der Waals surface area (Å²) in [6.07, 6.45) is 18.8. The lowest BCUT2D eigenvalue weighted by atomic mass is 9.80. The third-order valence-electron chi connectivity index (χ3n) is 13.1. The van der Waals surface area contributed by atoms with Crippen LogP contribution in [-0.4, -0.2) is 15.2 Å². The molecule has 0 radical (unpaired) electrons. The molecule has 8 aromatic rings. The first kappa shape index (κ1) is 32.6. The molecule has 0 bridgehead atoms. The van der Waals surface area contributed by atoms with Gasteiger partial charge in [-0.15, -0.1) is 0 Å². The molecule has 0 saturated heterocycles. The lowest BCUT2D eigenvalue weighted by Crippen LogP contribution is -2.31. The molecule has 57 heavy (non-hydrogen) atoms. The molecule has 0 N–H and O–H groups in total. The topological polar surface area (TPSA) is 19.1 Å². The summed E-state index contributed by atoms with van der Waals surface area (Å²) in [5.74, 6) is 0.999. The second-order valence-electron chi connectivity index (χ2n) is 16.1. The lowest BCUT2D eigenvalue weighted by molar-refractivity contribution is 0.195. The molecule has 0 fully saturated rings. The molecule has 1 aliphatic heterocycles. The average Bonchev–Trinajstić information content (AvgIpc) is 3.95. The molecule has 3 heteroatoms. The zero-order valence-electron chi connectivity index (χ0n) is 31.8. The van der Waals surface area contributed by atoms with Crippen molar-refractivity contribution in [2.45, 2.75) is 50.3 Å². The van der Waals surface area contributed by atoms with E-state index in [1.165, 1.54) is 88.5 Å². The molecule has 3 aliphatic carbocycles. The Morgan fingerprint density at radius 2 is 1.25 bits per heavy atom. The normalized spacial score (nSPS) is 19.6. The van der Waals surface area contributed by atoms with Gasteiger partial charge in [0.2, 0.25) is 0 Å². The zero-order valence-corrected chi connectivity index (χ0v) is 31.8. The maximum atomic E-state index is 7.03. The van der Waals surface area contributed by atoms with E-state index in [2.05, 4.69) is 185 Å². The van der Waals surface area contributed by atoms with Crippen molar-refractivity contribution in [1.82, 2.24) is 9.13 Å². The third kappa shape index (κ3) is 5.11. The summed E-state index contributed by atoms with van der Waals surface area (Å²) >= 11 is 0. The Morgan fingerprint density at radius 1 is 0.544 bits per heavy atom. The Bertz CT molecular complexity index is 3020. The predicted molar refractivity (Wildman–Crippen MR) is 237 cm³/mol. The van der Waals surface area contributed by atoms with Crippen molar-refractivity contribution in [1.29, 1.82) is 0 Å². The smallest absolute Gasteiger partial charge is 0.145 e. The Balaban J connectivity index is 0.965. The number of fused-ring (bicyclic) bond motifs is 9. The number of rotatable bonds is 5. The fraction of sp³-hybridized carbons (Fsp3) is 0.148. The minimum Gasteiger partial charge on any atom is -0.483 e. The highest BCUT2D eigenvalue weighted by Gasteiger charge is 2.42. The molecule has 3 heterocycles. The maximum Gasteiger partial charge on any atom is 0.145 e. The van der Waals surface area contributed by atoms with Gasteiger partial charge in [-0.2, -0.15) is 0 Å². The van der Waals surface area contributed by atoms with Gasteiger partial charge in [-0.1, -0.05) is 134 Å². The van der Waals surface area contributed by atoms with Crippen LogP contribution in [0.1, 0.15) is 60.2 Å². The molecule has 12 rings (SSSR count). The first-order valence-electron chi connectivity index (χ1n) is 20.6. The van der Waals surface area contributed by atoms with Gasteiger partial charge in [-0.25, -0.2) is 0 Å². The number of aromatic nitrogens is 2. The number of para-hydroxylation sites is 2. The number of benzene rings is 6. The van der Waals surface area contributed by atoms with E-state index in [1.54, 1.807) is 0 Å². The molecule has 4 aliphatic rings. The summed E-state index contributed by atoms with van der Waals surface area (Å²) < 4.78 is 12.2. The zero-order chi connectivity index (χ0) is 37.5. The Morgan fingerprint density at radius 3 is 2.09 bits per heavy atom. The van der Waals surface area contributed by atoms with E-state index in [-0.39, 0.29) is 12.1 Å². The minimum atomic E-state index is -0.0659. The van der Waals surface area contributed by atoms with Crippen molar-refractivity contribution in [3.05, 3.63) is 192 Å². The summed E-state index contributed by atoms with van der Waals surface area (Å²) in [5, 5.41) is 4.01. The van der Waals surface area contributed by atoms with Crippen LogP contribution in [0.3, 0.4) is 0 Å². The molecule has 2 aromatic heterocycles. The molecule has 0 spiro atoms. The first-order chi connectivity index (χ1) is 28.3. The van der Waals surface area contributed by atoms with Crippen molar-refractivity contribution in [3.63, 3.8) is 0 Å². The van der Waals surface area contributed by atoms with Gasteiger partial charge in [0.15, 0.2) is 0 Å². The second-order valence-corrected chi connectivity index (χ2v) is 16.1. The SMILES string of the molecule is C1=CCC(n2c3ccccc3c3cc(-c4ccc5c(c4)c4c(n5C5CCC(c6ccc(-c7ccccc7)cc6)=C6c7ccccc7OC65)C=CCC4)ccc32)C=C1. The van der Waals surface area contributed by atoms with Gasteiger partial charge in [-0.3, -0.25) is 0 Å². The number of nitrogens with zero attached hydrogens (tertiary/aromatic N) is 2. The lowest BCUT2D eigenvalue weighted by Gasteiger charge is -2.34. The molecule has 3 unspecified atom stereocenters. The predicted octanol–water partition coefficient (Wildman–Crippen LogP) is 13.8. The number of aryl methyl sites for hydroxylation is 1. The Kier molecular flexibility index (Phi) is 7.44. The highest BCUT2D eigenvalue weighted by Crippen LogP contribution is 2.53. The van der Waals surface area contributed by atoms with Gasteiger partial charge in [0.1, 0.15) is 11.9 Å². The van der Waals surface area contributed by atoms with E-state index in [4.69, 9.17) is 4.74 Å². The van der Waals surface area contributed by atoms with E-state index in [0.29, 0.717) is 6.04 Å². The highest BCUT2D eigenvalue weighted by atomic mass is 16.5. The van der Waals surface area contributed by atoms with Gasteiger partial charge >= 0.3 is 0 Å². The van der Waals surface area contributed by atoms with Crippen molar-refractivity contribution < 1.29 is 4.74 Å². The molecule has 6 aromatic carbocycles. The van der Waals surface area contributed by atoms with Crippen LogP contribution in [0, 0.1) is 0 Å². The van der Waals surface area contributed by atoms with Gasteiger partial charge in [0.05, 0.1) is 12.1 Å². The summed E-state index contributed by atoms with van der Waals surface area (Å²) in [4.78, 5) is 0. The van der Waals surface area contributed by atoms with Crippen LogP contribution in [-0.2, 0) is 6.42 Å². The summed E-state index contributed by atoms with van der Waals surface area (Å²) in [7, 11) is 0. The van der Waals surface area contributed by atoms with Crippen LogP contribution in [0.4, 0.5) is 0 Å². The van der Waals surface area contributed by atoms with Crippen LogP contribution in [0.15, 0.2) is 170 Å². The fourth-order valence-corrected chi connectivity index (χ4v) is 10.5. The number of allylic oxidation sites excluding steroid dienone is 6. The standard InChI is InChI=1S/C54H42N2O/c1-3-13-35(14-4-1)36-23-25-37(26-24-36)41-29-32-51(54-53(41)44-19-9-12-22-52(44)57-54)56-48-21-11-8-18-43(48)46-34-39(28-31-50(46)56)38-27-30-49-45(33-38)42-17-7-10-20-47(42)55(49)40-15-5-2-6-16-40/h1-7,9-15,17,19-28,30-31,33-34,40,51,54H,8,16,18,29,32H2. The summed E-state index contributed by atoms with van der Waals surface area (Å²) in [6, 6.07) is 52.3. The molecule has 274 valence electrons. The van der Waals surface area contributed by atoms with Crippen molar-refractivity contribution in [3.8, 4) is 28.0 Å². The van der Waals surface area contributed by atoms with Gasteiger partial charge < -0.3 is 13.9 Å². The van der Waals surface area contributed by atoms with E-state index in [0.717, 1.165) is 37.9 Å². The monoisotopic (exact) mass is 734 g/mol. The Labute approximate surface area is 333 Å². The number of ether oxygens (including phenoxy) is 1. The third-order valence-corrected chi connectivity index (χ3v) is 13.1. The molecule has 3 atom stereocenters. The first-order valence-corrected chi connectivity index (χ1v) is 20.6. The van der Waals surface area contributed by atoms with Crippen LogP contribution in [0.5, 0.6) is 5.75 Å². The van der Waals surface area contributed by atoms with E-state index < -0.39 is 0 Å². The van der Waals surface area contributed by atoms with Gasteiger partial charge in [0.25, 0.3) is 0 Å². The molecular formula is C54H42N2O. The van der Waals surface area contributed by atoms with E-state index >= 15 is 0 Å². The summed E-state index contributed by atoms with van der Waals surface area (Å²) in [6.45, 7) is 0. The van der Waals surface area contributed by atoms with E-state index in [9.17, 15) is 0 Å². The van der Waals surface area contributed by atoms with Crippen molar-refractivity contribution in [2.24, 2.45) is 0 Å².